The van der Waals surface area contributed by atoms with Crippen LogP contribution in [-0.4, -0.2) is 32.1 Å². The van der Waals surface area contributed by atoms with Gasteiger partial charge < -0.3 is 9.47 Å². The van der Waals surface area contributed by atoms with Crippen LogP contribution in [-0.2, 0) is 4.79 Å². The van der Waals surface area contributed by atoms with Crippen LogP contribution in [0.4, 0.5) is 0 Å². The van der Waals surface area contributed by atoms with E-state index < -0.39 is 11.6 Å². The van der Waals surface area contributed by atoms with Crippen molar-refractivity contribution in [1.29, 1.82) is 0 Å². The summed E-state index contributed by atoms with van der Waals surface area (Å²) in [6, 6.07) is 2.76. The monoisotopic (exact) mass is 278 g/mol. The summed E-state index contributed by atoms with van der Waals surface area (Å²) >= 11 is 0. The molecule has 0 aliphatic rings. The molecule has 0 aromatic heterocycles. The van der Waals surface area contributed by atoms with E-state index in [1.54, 1.807) is 0 Å². The van der Waals surface area contributed by atoms with Crippen LogP contribution in [0.3, 0.4) is 0 Å². The lowest BCUT2D eigenvalue weighted by Gasteiger charge is -2.11. The van der Waals surface area contributed by atoms with Crippen LogP contribution in [0.1, 0.15) is 46.9 Å². The van der Waals surface area contributed by atoms with Crippen molar-refractivity contribution in [2.75, 3.05) is 14.2 Å². The summed E-state index contributed by atoms with van der Waals surface area (Å²) < 4.78 is 10.1. The number of Topliss-reactive ketones (excluding diaryl/α,β-unsaturated/α-hetero) is 2. The van der Waals surface area contributed by atoms with Gasteiger partial charge in [-0.3, -0.25) is 14.4 Å². The summed E-state index contributed by atoms with van der Waals surface area (Å²) in [7, 11) is 2.85. The highest BCUT2D eigenvalue weighted by molar-refractivity contribution is 6.44. The van der Waals surface area contributed by atoms with Crippen molar-refractivity contribution in [3.63, 3.8) is 0 Å². The van der Waals surface area contributed by atoms with Gasteiger partial charge in [-0.05, 0) is 18.6 Å². The lowest BCUT2D eigenvalue weighted by molar-refractivity contribution is -0.115. The first-order chi connectivity index (χ1) is 9.58. The van der Waals surface area contributed by atoms with E-state index in [9.17, 15) is 14.4 Å². The van der Waals surface area contributed by atoms with Gasteiger partial charge in [-0.25, -0.2) is 0 Å². The first kappa shape index (κ1) is 15.9. The second-order valence-corrected chi connectivity index (χ2v) is 4.27. The molecule has 0 bridgehead atoms. The van der Waals surface area contributed by atoms with Gasteiger partial charge >= 0.3 is 0 Å². The SMILES string of the molecule is CCCCC(=O)C(=O)c1cc(OC)c(OC)cc1C=O. The average molecular weight is 278 g/mol. The molecule has 0 fully saturated rings. The topological polar surface area (TPSA) is 69.7 Å². The highest BCUT2D eigenvalue weighted by Gasteiger charge is 2.21. The molecule has 0 N–H and O–H groups in total. The van der Waals surface area contributed by atoms with E-state index in [0.717, 1.165) is 6.42 Å². The first-order valence-electron chi connectivity index (χ1n) is 6.37. The van der Waals surface area contributed by atoms with Crippen LogP contribution in [0, 0.1) is 0 Å². The number of carbonyl (C=O) groups excluding carboxylic acids is 3. The van der Waals surface area contributed by atoms with Crippen LogP contribution >= 0.6 is 0 Å². The zero-order valence-electron chi connectivity index (χ0n) is 11.9. The molecule has 0 unspecified atom stereocenters. The zero-order valence-corrected chi connectivity index (χ0v) is 11.9. The smallest absolute Gasteiger partial charge is 0.229 e. The van der Waals surface area contributed by atoms with Crippen LogP contribution in [0.25, 0.3) is 0 Å². The highest BCUT2D eigenvalue weighted by Crippen LogP contribution is 2.30. The molecule has 5 nitrogen and oxygen atoms in total. The second kappa shape index (κ2) is 7.43. The molecule has 0 saturated carbocycles. The molecule has 1 rings (SSSR count). The van der Waals surface area contributed by atoms with Gasteiger partial charge in [0.15, 0.2) is 17.8 Å². The summed E-state index contributed by atoms with van der Waals surface area (Å²) in [5.41, 5.74) is 0.177. The van der Waals surface area contributed by atoms with Crippen LogP contribution in [0.15, 0.2) is 12.1 Å². The Morgan fingerprint density at radius 3 is 2.25 bits per heavy atom. The lowest BCUT2D eigenvalue weighted by Crippen LogP contribution is -2.16. The van der Waals surface area contributed by atoms with Crippen molar-refractivity contribution >= 4 is 17.9 Å². The Balaban J connectivity index is 3.19. The van der Waals surface area contributed by atoms with Crippen molar-refractivity contribution in [1.82, 2.24) is 0 Å². The zero-order chi connectivity index (χ0) is 15.1. The summed E-state index contributed by atoms with van der Waals surface area (Å²) in [6.45, 7) is 1.94. The number of methoxy groups -OCH3 is 2. The minimum Gasteiger partial charge on any atom is -0.493 e. The molecular formula is C15H18O5. The van der Waals surface area contributed by atoms with Crippen LogP contribution in [0.2, 0.25) is 0 Å². The van der Waals surface area contributed by atoms with Gasteiger partial charge in [-0.1, -0.05) is 13.3 Å². The van der Waals surface area contributed by atoms with Crippen molar-refractivity contribution in [3.05, 3.63) is 23.3 Å². The third-order valence-corrected chi connectivity index (χ3v) is 2.94. The average Bonchev–Trinajstić information content (AvgIpc) is 2.50. The number of ketones is 2. The number of rotatable bonds is 8. The number of ether oxygens (including phenoxy) is 2. The summed E-state index contributed by atoms with van der Waals surface area (Å²) in [5.74, 6) is -0.513. The maximum absolute atomic E-state index is 12.1. The number of carbonyl (C=O) groups is 3. The Bertz CT molecular complexity index is 519. The number of hydrogen-bond donors (Lipinski definition) is 0. The van der Waals surface area contributed by atoms with Crippen molar-refractivity contribution in [2.24, 2.45) is 0 Å². The quantitative estimate of drug-likeness (QED) is 0.415. The van der Waals surface area contributed by atoms with Crippen LogP contribution < -0.4 is 9.47 Å². The summed E-state index contributed by atoms with van der Waals surface area (Å²) in [5, 5.41) is 0. The normalized spacial score (nSPS) is 9.95. The van der Waals surface area contributed by atoms with Gasteiger partial charge in [-0.15, -0.1) is 0 Å². The van der Waals surface area contributed by atoms with E-state index in [2.05, 4.69) is 0 Å². The fraction of sp³-hybridized carbons (Fsp3) is 0.400. The second-order valence-electron chi connectivity index (χ2n) is 4.27. The van der Waals surface area contributed by atoms with E-state index in [0.29, 0.717) is 24.2 Å². The Hall–Kier alpha value is -2.17. The molecule has 5 heteroatoms. The van der Waals surface area contributed by atoms with E-state index >= 15 is 0 Å². The number of hydrogen-bond acceptors (Lipinski definition) is 5. The van der Waals surface area contributed by atoms with Crippen molar-refractivity contribution < 1.29 is 23.9 Å². The molecule has 1 aromatic carbocycles. The summed E-state index contributed by atoms with van der Waals surface area (Å²) in [6.07, 6.45) is 2.18. The molecule has 0 spiro atoms. The third-order valence-electron chi connectivity index (χ3n) is 2.94. The minimum atomic E-state index is -0.665. The number of unbranched alkanes of at least 4 members (excludes halogenated alkanes) is 1. The Labute approximate surface area is 117 Å². The predicted molar refractivity (Wildman–Crippen MR) is 73.8 cm³/mol. The third kappa shape index (κ3) is 3.44. The maximum Gasteiger partial charge on any atom is 0.229 e. The van der Waals surface area contributed by atoms with Crippen LogP contribution in [0.5, 0.6) is 11.5 Å². The molecule has 0 amide bonds. The fourth-order valence-corrected chi connectivity index (χ4v) is 1.79. The van der Waals surface area contributed by atoms with Crippen molar-refractivity contribution in [2.45, 2.75) is 26.2 Å². The Kier molecular flexibility index (Phi) is 5.90. The maximum atomic E-state index is 12.1. The molecule has 0 aliphatic heterocycles. The lowest BCUT2D eigenvalue weighted by atomic mass is 9.98. The molecule has 0 atom stereocenters. The van der Waals surface area contributed by atoms with Gasteiger partial charge in [0.2, 0.25) is 11.6 Å². The predicted octanol–water partition coefficient (Wildman–Crippen LogP) is 2.46. The molecule has 0 aliphatic carbocycles. The fourth-order valence-electron chi connectivity index (χ4n) is 1.79. The molecule has 20 heavy (non-hydrogen) atoms. The van der Waals surface area contributed by atoms with Gasteiger partial charge in [0.05, 0.1) is 14.2 Å². The van der Waals surface area contributed by atoms with E-state index in [-0.39, 0.29) is 17.5 Å². The molecule has 108 valence electrons. The number of benzene rings is 1. The number of aldehydes is 1. The standard InChI is InChI=1S/C15H18O5/c1-4-5-6-12(17)15(18)11-8-14(20-3)13(19-2)7-10(11)9-16/h7-9H,4-6H2,1-3H3. The van der Waals surface area contributed by atoms with Gasteiger partial charge in [0, 0.05) is 17.5 Å². The molecule has 0 radical (unpaired) electrons. The Morgan fingerprint density at radius 1 is 1.15 bits per heavy atom. The minimum absolute atomic E-state index is 0.0544. The van der Waals surface area contributed by atoms with Gasteiger partial charge in [0.25, 0.3) is 0 Å². The van der Waals surface area contributed by atoms with E-state index in [1.165, 1.54) is 26.4 Å². The highest BCUT2D eigenvalue weighted by atomic mass is 16.5. The summed E-state index contributed by atoms with van der Waals surface area (Å²) in [4.78, 5) is 35.0. The van der Waals surface area contributed by atoms with E-state index in [4.69, 9.17) is 9.47 Å². The largest absolute Gasteiger partial charge is 0.493 e. The molecule has 0 heterocycles. The Morgan fingerprint density at radius 2 is 1.75 bits per heavy atom. The van der Waals surface area contributed by atoms with E-state index in [1.807, 2.05) is 6.92 Å². The van der Waals surface area contributed by atoms with Gasteiger partial charge in [0.1, 0.15) is 0 Å². The van der Waals surface area contributed by atoms with Crippen molar-refractivity contribution in [3.8, 4) is 11.5 Å². The molecular weight excluding hydrogens is 260 g/mol. The van der Waals surface area contributed by atoms with Gasteiger partial charge in [-0.2, -0.15) is 0 Å². The first-order valence-corrected chi connectivity index (χ1v) is 6.37. The molecule has 1 aromatic rings. The molecule has 0 saturated heterocycles.